The lowest BCUT2D eigenvalue weighted by atomic mass is 10.1. The van der Waals surface area contributed by atoms with Gasteiger partial charge in [-0.1, -0.05) is 53.1 Å². The SMILES string of the molecule is Cc1ccc(-c2nc(Cl)c3cc(C)ccc3n2)cc1. The maximum atomic E-state index is 6.26. The van der Waals surface area contributed by atoms with Gasteiger partial charge in [-0.15, -0.1) is 0 Å². The molecular weight excluding hydrogens is 256 g/mol. The molecule has 0 unspecified atom stereocenters. The summed E-state index contributed by atoms with van der Waals surface area (Å²) in [4.78, 5) is 8.98. The van der Waals surface area contributed by atoms with Gasteiger partial charge in [0.05, 0.1) is 5.52 Å². The molecule has 3 rings (SSSR count). The van der Waals surface area contributed by atoms with Crippen LogP contribution in [0.4, 0.5) is 0 Å². The number of fused-ring (bicyclic) bond motifs is 1. The number of aromatic nitrogens is 2. The molecule has 0 N–H and O–H groups in total. The Labute approximate surface area is 117 Å². The minimum atomic E-state index is 0.504. The van der Waals surface area contributed by atoms with Crippen LogP contribution in [-0.4, -0.2) is 9.97 Å². The van der Waals surface area contributed by atoms with Crippen LogP contribution < -0.4 is 0 Å². The van der Waals surface area contributed by atoms with E-state index in [-0.39, 0.29) is 0 Å². The van der Waals surface area contributed by atoms with Crippen LogP contribution in [0.5, 0.6) is 0 Å². The number of hydrogen-bond donors (Lipinski definition) is 0. The van der Waals surface area contributed by atoms with Gasteiger partial charge in [-0.25, -0.2) is 9.97 Å². The average molecular weight is 269 g/mol. The number of rotatable bonds is 1. The molecule has 0 saturated heterocycles. The minimum Gasteiger partial charge on any atom is -0.228 e. The molecule has 94 valence electrons. The fourth-order valence-corrected chi connectivity index (χ4v) is 2.27. The topological polar surface area (TPSA) is 25.8 Å². The van der Waals surface area contributed by atoms with Gasteiger partial charge < -0.3 is 0 Å². The molecule has 0 aliphatic rings. The van der Waals surface area contributed by atoms with Crippen molar-refractivity contribution in [2.24, 2.45) is 0 Å². The summed E-state index contributed by atoms with van der Waals surface area (Å²) in [6, 6.07) is 14.1. The fourth-order valence-electron chi connectivity index (χ4n) is 2.04. The van der Waals surface area contributed by atoms with Gasteiger partial charge in [-0.3, -0.25) is 0 Å². The maximum Gasteiger partial charge on any atom is 0.161 e. The summed E-state index contributed by atoms with van der Waals surface area (Å²) in [7, 11) is 0. The first-order valence-electron chi connectivity index (χ1n) is 6.14. The van der Waals surface area contributed by atoms with Gasteiger partial charge in [0.15, 0.2) is 5.82 Å². The van der Waals surface area contributed by atoms with Crippen molar-refractivity contribution in [2.75, 3.05) is 0 Å². The molecule has 0 atom stereocenters. The van der Waals surface area contributed by atoms with Gasteiger partial charge in [0.1, 0.15) is 5.15 Å². The first-order chi connectivity index (χ1) is 9.13. The molecule has 3 aromatic rings. The van der Waals surface area contributed by atoms with E-state index < -0.39 is 0 Å². The molecule has 1 heterocycles. The summed E-state index contributed by atoms with van der Waals surface area (Å²) in [5.41, 5.74) is 4.23. The number of hydrogen-bond acceptors (Lipinski definition) is 2. The van der Waals surface area contributed by atoms with Crippen LogP contribution in [0.1, 0.15) is 11.1 Å². The van der Waals surface area contributed by atoms with Gasteiger partial charge in [-0.2, -0.15) is 0 Å². The summed E-state index contributed by atoms with van der Waals surface area (Å²) >= 11 is 6.26. The van der Waals surface area contributed by atoms with Gasteiger partial charge in [0, 0.05) is 10.9 Å². The van der Waals surface area contributed by atoms with Crippen molar-refractivity contribution >= 4 is 22.5 Å². The highest BCUT2D eigenvalue weighted by molar-refractivity contribution is 6.34. The molecule has 0 saturated carbocycles. The third kappa shape index (κ3) is 2.32. The van der Waals surface area contributed by atoms with Gasteiger partial charge in [-0.05, 0) is 26.0 Å². The first kappa shape index (κ1) is 12.1. The lowest BCUT2D eigenvalue weighted by Crippen LogP contribution is -1.92. The summed E-state index contributed by atoms with van der Waals surface area (Å²) in [6.45, 7) is 4.09. The second-order valence-electron chi connectivity index (χ2n) is 4.72. The first-order valence-corrected chi connectivity index (χ1v) is 6.52. The second kappa shape index (κ2) is 4.63. The highest BCUT2D eigenvalue weighted by Crippen LogP contribution is 2.25. The second-order valence-corrected chi connectivity index (χ2v) is 5.08. The van der Waals surface area contributed by atoms with Gasteiger partial charge in [0.2, 0.25) is 0 Å². The molecule has 3 heteroatoms. The van der Waals surface area contributed by atoms with Crippen molar-refractivity contribution in [3.05, 3.63) is 58.7 Å². The molecular formula is C16H13ClN2. The smallest absolute Gasteiger partial charge is 0.161 e. The van der Waals surface area contributed by atoms with Gasteiger partial charge in [0.25, 0.3) is 0 Å². The van der Waals surface area contributed by atoms with E-state index in [0.717, 1.165) is 22.0 Å². The molecule has 0 bridgehead atoms. The molecule has 2 nitrogen and oxygen atoms in total. The third-order valence-corrected chi connectivity index (χ3v) is 3.40. The van der Waals surface area contributed by atoms with E-state index in [1.165, 1.54) is 5.56 Å². The molecule has 1 aromatic heterocycles. The summed E-state index contributed by atoms with van der Waals surface area (Å²) < 4.78 is 0. The highest BCUT2D eigenvalue weighted by atomic mass is 35.5. The molecule has 0 aliphatic heterocycles. The van der Waals surface area contributed by atoms with Crippen molar-refractivity contribution < 1.29 is 0 Å². The predicted octanol–water partition coefficient (Wildman–Crippen LogP) is 4.57. The van der Waals surface area contributed by atoms with E-state index in [4.69, 9.17) is 11.6 Å². The molecule has 0 amide bonds. The van der Waals surface area contributed by atoms with E-state index in [0.29, 0.717) is 11.0 Å². The van der Waals surface area contributed by atoms with Crippen molar-refractivity contribution in [1.29, 1.82) is 0 Å². The molecule has 0 spiro atoms. The predicted molar refractivity (Wildman–Crippen MR) is 79.5 cm³/mol. The number of aryl methyl sites for hydroxylation is 2. The summed E-state index contributed by atoms with van der Waals surface area (Å²) in [5.74, 6) is 0.668. The Bertz CT molecular complexity index is 749. The van der Waals surface area contributed by atoms with E-state index in [1.807, 2.05) is 49.4 Å². The molecule has 0 fully saturated rings. The van der Waals surface area contributed by atoms with Crippen molar-refractivity contribution in [3.8, 4) is 11.4 Å². The minimum absolute atomic E-state index is 0.504. The maximum absolute atomic E-state index is 6.26. The Morgan fingerprint density at radius 1 is 0.842 bits per heavy atom. The van der Waals surface area contributed by atoms with E-state index >= 15 is 0 Å². The van der Waals surface area contributed by atoms with Crippen LogP contribution in [0.15, 0.2) is 42.5 Å². The Kier molecular flexibility index (Phi) is 2.96. The van der Waals surface area contributed by atoms with Crippen molar-refractivity contribution in [2.45, 2.75) is 13.8 Å². The number of halogens is 1. The van der Waals surface area contributed by atoms with Crippen molar-refractivity contribution in [3.63, 3.8) is 0 Å². The van der Waals surface area contributed by atoms with Crippen LogP contribution >= 0.6 is 11.6 Å². The summed E-state index contributed by atoms with van der Waals surface area (Å²) in [6.07, 6.45) is 0. The zero-order valence-corrected chi connectivity index (χ0v) is 11.6. The van der Waals surface area contributed by atoms with Crippen LogP contribution in [0.25, 0.3) is 22.3 Å². The average Bonchev–Trinajstić information content (AvgIpc) is 2.40. The van der Waals surface area contributed by atoms with Crippen LogP contribution in [0, 0.1) is 13.8 Å². The Morgan fingerprint density at radius 3 is 2.26 bits per heavy atom. The molecule has 0 radical (unpaired) electrons. The third-order valence-electron chi connectivity index (χ3n) is 3.11. The van der Waals surface area contributed by atoms with Crippen molar-refractivity contribution in [1.82, 2.24) is 9.97 Å². The van der Waals surface area contributed by atoms with Crippen LogP contribution in [-0.2, 0) is 0 Å². The molecule has 2 aromatic carbocycles. The lowest BCUT2D eigenvalue weighted by molar-refractivity contribution is 1.22. The largest absolute Gasteiger partial charge is 0.228 e. The Balaban J connectivity index is 2.20. The fraction of sp³-hybridized carbons (Fsp3) is 0.125. The monoisotopic (exact) mass is 268 g/mol. The zero-order chi connectivity index (χ0) is 13.4. The Hall–Kier alpha value is -1.93. The van der Waals surface area contributed by atoms with Crippen LogP contribution in [0.2, 0.25) is 5.15 Å². The standard InChI is InChI=1S/C16H13ClN2/c1-10-3-6-12(7-4-10)16-18-14-8-5-11(2)9-13(14)15(17)19-16/h3-9H,1-2H3. The molecule has 0 aliphatic carbocycles. The quantitative estimate of drug-likeness (QED) is 0.604. The summed E-state index contributed by atoms with van der Waals surface area (Å²) in [5, 5.41) is 1.40. The van der Waals surface area contributed by atoms with E-state index in [2.05, 4.69) is 16.9 Å². The van der Waals surface area contributed by atoms with E-state index in [9.17, 15) is 0 Å². The highest BCUT2D eigenvalue weighted by Gasteiger charge is 2.07. The van der Waals surface area contributed by atoms with Gasteiger partial charge >= 0.3 is 0 Å². The molecule has 19 heavy (non-hydrogen) atoms. The zero-order valence-electron chi connectivity index (χ0n) is 10.8. The van der Waals surface area contributed by atoms with Crippen LogP contribution in [0.3, 0.4) is 0 Å². The number of benzene rings is 2. The Morgan fingerprint density at radius 2 is 1.53 bits per heavy atom. The number of nitrogens with zero attached hydrogens (tertiary/aromatic N) is 2. The normalized spacial score (nSPS) is 10.9. The van der Waals surface area contributed by atoms with E-state index in [1.54, 1.807) is 0 Å². The lowest BCUT2D eigenvalue weighted by Gasteiger charge is -2.05.